The molecule has 6 rings (SSSR count). The quantitative estimate of drug-likeness (QED) is 0.267. The van der Waals surface area contributed by atoms with E-state index in [9.17, 15) is 8.42 Å². The monoisotopic (exact) mass is 493 g/mol. The Kier molecular flexibility index (Phi) is 5.35. The van der Waals surface area contributed by atoms with Gasteiger partial charge in [-0.05, 0) is 48.5 Å². The topological polar surface area (TPSA) is 87.2 Å². The summed E-state index contributed by atoms with van der Waals surface area (Å²) in [6.07, 6.45) is 8.00. The number of nitrogens with zero attached hydrogens (tertiary/aromatic N) is 3. The Hall–Kier alpha value is -4.69. The van der Waals surface area contributed by atoms with Crippen LogP contribution >= 0.6 is 0 Å². The molecule has 0 spiro atoms. The summed E-state index contributed by atoms with van der Waals surface area (Å²) in [6, 6.07) is 25.1. The van der Waals surface area contributed by atoms with Gasteiger partial charge in [0.05, 0.1) is 17.4 Å². The Morgan fingerprint density at radius 3 is 2.33 bits per heavy atom. The molecule has 6 aromatic rings. The van der Waals surface area contributed by atoms with Gasteiger partial charge in [-0.3, -0.25) is 0 Å². The van der Waals surface area contributed by atoms with Gasteiger partial charge in [-0.25, -0.2) is 22.4 Å². The molecule has 0 N–H and O–H groups in total. The molecule has 0 aliphatic heterocycles. The van der Waals surface area contributed by atoms with Crippen molar-refractivity contribution in [2.45, 2.75) is 4.90 Å². The molecule has 0 aliphatic carbocycles. The molecule has 0 fully saturated rings. The largest absolute Gasteiger partial charge is 0.472 e. The molecule has 2 aromatic carbocycles. The highest BCUT2D eigenvalue weighted by atomic mass is 32.2. The summed E-state index contributed by atoms with van der Waals surface area (Å²) in [6.45, 7) is 0. The number of rotatable bonds is 6. The second kappa shape index (κ2) is 8.83. The number of fused-ring (bicyclic) bond motifs is 1. The lowest BCUT2D eigenvalue weighted by atomic mass is 10.0. The fourth-order valence-corrected chi connectivity index (χ4v) is 5.40. The number of pyridine rings is 2. The SMILES string of the molecule is O=S(=O)(c1ccccc1)n1cc(-c2ccoc2)c2cc(-c3cccnc3Oc3ccccc3)cnc21. The standard InChI is InChI=1S/C28H19N3O4S/c32-36(33,23-10-5-2-6-11-23)31-18-26(20-13-15-34-19-20)25-16-21(17-30-27(25)31)24-12-7-14-29-28(24)35-22-8-3-1-4-9-22/h1-19H. The fourth-order valence-electron chi connectivity index (χ4n) is 4.06. The molecular formula is C28H19N3O4S. The van der Waals surface area contributed by atoms with E-state index in [1.165, 1.54) is 3.97 Å². The summed E-state index contributed by atoms with van der Waals surface area (Å²) in [5.41, 5.74) is 3.21. The first-order chi connectivity index (χ1) is 17.6. The third-order valence-corrected chi connectivity index (χ3v) is 7.45. The second-order valence-electron chi connectivity index (χ2n) is 8.04. The summed E-state index contributed by atoms with van der Waals surface area (Å²) in [4.78, 5) is 9.20. The van der Waals surface area contributed by atoms with Gasteiger partial charge in [-0.2, -0.15) is 0 Å². The van der Waals surface area contributed by atoms with Gasteiger partial charge in [0.15, 0.2) is 5.65 Å². The Bertz CT molecular complexity index is 1760. The molecule has 4 aromatic heterocycles. The highest BCUT2D eigenvalue weighted by molar-refractivity contribution is 7.90. The Labute approximate surface area is 207 Å². The van der Waals surface area contributed by atoms with Crippen LogP contribution in [0.25, 0.3) is 33.3 Å². The first kappa shape index (κ1) is 21.8. The minimum atomic E-state index is -3.88. The Balaban J connectivity index is 1.53. The third kappa shape index (κ3) is 3.83. The summed E-state index contributed by atoms with van der Waals surface area (Å²) in [7, 11) is -3.88. The number of aromatic nitrogens is 3. The van der Waals surface area contributed by atoms with E-state index in [1.807, 2.05) is 48.5 Å². The smallest absolute Gasteiger partial charge is 0.269 e. The molecule has 36 heavy (non-hydrogen) atoms. The lowest BCUT2D eigenvalue weighted by molar-refractivity contribution is 0.465. The van der Waals surface area contributed by atoms with Crippen LogP contribution in [0, 0.1) is 0 Å². The van der Waals surface area contributed by atoms with Crippen molar-refractivity contribution in [2.24, 2.45) is 0 Å². The van der Waals surface area contributed by atoms with Crippen LogP contribution in [0.2, 0.25) is 0 Å². The van der Waals surface area contributed by atoms with E-state index in [0.717, 1.165) is 16.7 Å². The number of hydrogen-bond donors (Lipinski definition) is 0. The molecule has 0 atom stereocenters. The molecule has 0 bridgehead atoms. The van der Waals surface area contributed by atoms with E-state index in [0.29, 0.717) is 28.2 Å². The normalized spacial score (nSPS) is 11.6. The molecule has 176 valence electrons. The van der Waals surface area contributed by atoms with Crippen LogP contribution < -0.4 is 4.74 Å². The number of ether oxygens (including phenoxy) is 1. The number of furan rings is 1. The first-order valence-electron chi connectivity index (χ1n) is 11.1. The van der Waals surface area contributed by atoms with Gasteiger partial charge in [0.25, 0.3) is 10.0 Å². The second-order valence-corrected chi connectivity index (χ2v) is 9.85. The maximum absolute atomic E-state index is 13.5. The predicted octanol–water partition coefficient (Wildman–Crippen LogP) is 6.39. The first-order valence-corrected chi connectivity index (χ1v) is 12.6. The maximum Gasteiger partial charge on any atom is 0.269 e. The molecule has 0 amide bonds. The Morgan fingerprint density at radius 1 is 0.806 bits per heavy atom. The van der Waals surface area contributed by atoms with Crippen molar-refractivity contribution in [3.8, 4) is 33.9 Å². The number of para-hydroxylation sites is 1. The molecule has 0 saturated carbocycles. The fraction of sp³-hybridized carbons (Fsp3) is 0. The van der Waals surface area contributed by atoms with E-state index < -0.39 is 10.0 Å². The molecule has 4 heterocycles. The van der Waals surface area contributed by atoms with Crippen molar-refractivity contribution in [3.63, 3.8) is 0 Å². The molecule has 0 unspecified atom stereocenters. The highest BCUT2D eigenvalue weighted by Gasteiger charge is 2.24. The molecular weight excluding hydrogens is 474 g/mol. The van der Waals surface area contributed by atoms with E-state index >= 15 is 0 Å². The van der Waals surface area contributed by atoms with Crippen molar-refractivity contribution in [3.05, 3.63) is 116 Å². The summed E-state index contributed by atoms with van der Waals surface area (Å²) < 4.78 is 39.6. The minimum absolute atomic E-state index is 0.178. The van der Waals surface area contributed by atoms with E-state index in [2.05, 4.69) is 9.97 Å². The average Bonchev–Trinajstić information content (AvgIpc) is 3.58. The Morgan fingerprint density at radius 2 is 1.58 bits per heavy atom. The molecule has 0 saturated heterocycles. The van der Waals surface area contributed by atoms with Crippen molar-refractivity contribution >= 4 is 21.1 Å². The van der Waals surface area contributed by atoms with Gasteiger partial charge in [0.1, 0.15) is 5.75 Å². The van der Waals surface area contributed by atoms with Crippen molar-refractivity contribution in [2.75, 3.05) is 0 Å². The highest BCUT2D eigenvalue weighted by Crippen LogP contribution is 2.37. The zero-order valence-corrected chi connectivity index (χ0v) is 19.7. The van der Waals surface area contributed by atoms with E-state index in [4.69, 9.17) is 9.15 Å². The van der Waals surface area contributed by atoms with Crippen molar-refractivity contribution in [1.82, 2.24) is 13.9 Å². The zero-order chi connectivity index (χ0) is 24.5. The average molecular weight is 494 g/mol. The maximum atomic E-state index is 13.5. The number of hydrogen-bond acceptors (Lipinski definition) is 6. The molecule has 0 radical (unpaired) electrons. The van der Waals surface area contributed by atoms with Gasteiger partial charge < -0.3 is 9.15 Å². The van der Waals surface area contributed by atoms with E-state index in [-0.39, 0.29) is 4.90 Å². The number of benzene rings is 2. The molecule has 8 heteroatoms. The predicted molar refractivity (Wildman–Crippen MR) is 136 cm³/mol. The van der Waals surface area contributed by atoms with Gasteiger partial charge in [0, 0.05) is 46.2 Å². The van der Waals surface area contributed by atoms with Crippen LogP contribution in [-0.2, 0) is 10.0 Å². The molecule has 7 nitrogen and oxygen atoms in total. The zero-order valence-electron chi connectivity index (χ0n) is 18.9. The van der Waals surface area contributed by atoms with Crippen molar-refractivity contribution < 1.29 is 17.6 Å². The summed E-state index contributed by atoms with van der Waals surface area (Å²) in [5, 5.41) is 0.655. The molecule has 0 aliphatic rings. The third-order valence-electron chi connectivity index (χ3n) is 5.78. The van der Waals surface area contributed by atoms with Crippen LogP contribution in [0.3, 0.4) is 0 Å². The minimum Gasteiger partial charge on any atom is -0.472 e. The van der Waals surface area contributed by atoms with E-state index in [1.54, 1.807) is 67.5 Å². The lowest BCUT2D eigenvalue weighted by Crippen LogP contribution is -2.12. The lowest BCUT2D eigenvalue weighted by Gasteiger charge is -2.11. The summed E-state index contributed by atoms with van der Waals surface area (Å²) in [5.74, 6) is 1.08. The summed E-state index contributed by atoms with van der Waals surface area (Å²) >= 11 is 0. The van der Waals surface area contributed by atoms with Crippen LogP contribution in [0.5, 0.6) is 11.6 Å². The van der Waals surface area contributed by atoms with Gasteiger partial charge in [0.2, 0.25) is 5.88 Å². The van der Waals surface area contributed by atoms with Crippen LogP contribution in [0.4, 0.5) is 0 Å². The van der Waals surface area contributed by atoms with Gasteiger partial charge in [-0.1, -0.05) is 36.4 Å². The van der Waals surface area contributed by atoms with Gasteiger partial charge >= 0.3 is 0 Å². The van der Waals surface area contributed by atoms with Gasteiger partial charge in [-0.15, -0.1) is 0 Å². The van der Waals surface area contributed by atoms with Crippen LogP contribution in [0.15, 0.2) is 125 Å². The van der Waals surface area contributed by atoms with Crippen LogP contribution in [-0.4, -0.2) is 22.4 Å². The van der Waals surface area contributed by atoms with Crippen LogP contribution in [0.1, 0.15) is 0 Å². The van der Waals surface area contributed by atoms with Crippen molar-refractivity contribution in [1.29, 1.82) is 0 Å².